The summed E-state index contributed by atoms with van der Waals surface area (Å²) in [6.07, 6.45) is 0. The van der Waals surface area contributed by atoms with Gasteiger partial charge in [-0.15, -0.1) is 0 Å². The van der Waals surface area contributed by atoms with Crippen LogP contribution in [0.2, 0.25) is 0 Å². The van der Waals surface area contributed by atoms with Gasteiger partial charge in [-0.2, -0.15) is 5.10 Å². The van der Waals surface area contributed by atoms with Gasteiger partial charge in [0, 0.05) is 17.4 Å². The standard InChI is InChI=1S/C19H21N5O4S/c1-13-9-14(2)23(22-13)12-15-5-4-6-16(10-15)21-18-8-7-17(29(27,28)20-3)11-19(18)24(25)26/h4-11,20-21H,12H2,1-3H3. The first-order chi connectivity index (χ1) is 13.7. The minimum Gasteiger partial charge on any atom is -0.350 e. The summed E-state index contributed by atoms with van der Waals surface area (Å²) in [5.74, 6) is 0. The molecule has 0 saturated heterocycles. The van der Waals surface area contributed by atoms with Gasteiger partial charge in [-0.25, -0.2) is 13.1 Å². The smallest absolute Gasteiger partial charge is 0.294 e. The number of rotatable bonds is 7. The Bertz CT molecular complexity index is 1170. The number of hydrogen-bond acceptors (Lipinski definition) is 6. The van der Waals surface area contributed by atoms with Crippen LogP contribution in [0, 0.1) is 24.0 Å². The molecule has 29 heavy (non-hydrogen) atoms. The zero-order valence-electron chi connectivity index (χ0n) is 16.2. The van der Waals surface area contributed by atoms with E-state index in [1.807, 2.05) is 42.8 Å². The first kappa shape index (κ1) is 20.5. The van der Waals surface area contributed by atoms with Crippen LogP contribution in [0.25, 0.3) is 0 Å². The summed E-state index contributed by atoms with van der Waals surface area (Å²) < 4.78 is 27.9. The van der Waals surface area contributed by atoms with E-state index < -0.39 is 14.9 Å². The van der Waals surface area contributed by atoms with E-state index >= 15 is 0 Å². The minimum atomic E-state index is -3.78. The highest BCUT2D eigenvalue weighted by molar-refractivity contribution is 7.89. The summed E-state index contributed by atoms with van der Waals surface area (Å²) in [6.45, 7) is 4.47. The molecule has 0 atom stereocenters. The molecule has 0 saturated carbocycles. The molecule has 0 aliphatic rings. The van der Waals surface area contributed by atoms with E-state index in [-0.39, 0.29) is 16.3 Å². The summed E-state index contributed by atoms with van der Waals surface area (Å²) >= 11 is 0. The lowest BCUT2D eigenvalue weighted by molar-refractivity contribution is -0.384. The van der Waals surface area contributed by atoms with Crippen LogP contribution < -0.4 is 10.0 Å². The number of nitro groups is 1. The van der Waals surface area contributed by atoms with Crippen molar-refractivity contribution in [3.05, 3.63) is 75.6 Å². The van der Waals surface area contributed by atoms with E-state index in [9.17, 15) is 18.5 Å². The summed E-state index contributed by atoms with van der Waals surface area (Å²) in [5, 5.41) is 18.9. The largest absolute Gasteiger partial charge is 0.350 e. The van der Waals surface area contributed by atoms with E-state index in [1.165, 1.54) is 19.2 Å². The Morgan fingerprint density at radius 2 is 1.90 bits per heavy atom. The van der Waals surface area contributed by atoms with Crippen LogP contribution >= 0.6 is 0 Å². The third-order valence-corrected chi connectivity index (χ3v) is 5.80. The molecule has 0 fully saturated rings. The van der Waals surface area contributed by atoms with Crippen molar-refractivity contribution in [1.82, 2.24) is 14.5 Å². The number of aromatic nitrogens is 2. The molecule has 0 aliphatic heterocycles. The Hall–Kier alpha value is -3.24. The van der Waals surface area contributed by atoms with Crippen molar-refractivity contribution in [3.8, 4) is 0 Å². The third kappa shape index (κ3) is 4.61. The van der Waals surface area contributed by atoms with Gasteiger partial charge in [-0.05, 0) is 56.8 Å². The lowest BCUT2D eigenvalue weighted by Crippen LogP contribution is -2.18. The molecule has 0 spiro atoms. The molecule has 1 heterocycles. The van der Waals surface area contributed by atoms with Crippen molar-refractivity contribution in [2.24, 2.45) is 0 Å². The van der Waals surface area contributed by atoms with E-state index in [2.05, 4.69) is 15.1 Å². The Kier molecular flexibility index (Phi) is 5.66. The van der Waals surface area contributed by atoms with Gasteiger partial charge in [-0.3, -0.25) is 14.8 Å². The van der Waals surface area contributed by atoms with Gasteiger partial charge >= 0.3 is 0 Å². The van der Waals surface area contributed by atoms with Crippen LogP contribution in [0.5, 0.6) is 0 Å². The number of nitro benzene ring substituents is 1. The van der Waals surface area contributed by atoms with Gasteiger partial charge < -0.3 is 5.32 Å². The number of anilines is 2. The summed E-state index contributed by atoms with van der Waals surface area (Å²) in [5.41, 5.74) is 3.47. The fourth-order valence-electron chi connectivity index (χ4n) is 2.96. The molecule has 0 radical (unpaired) electrons. The van der Waals surface area contributed by atoms with E-state index in [1.54, 1.807) is 6.07 Å². The highest BCUT2D eigenvalue weighted by atomic mass is 32.2. The fourth-order valence-corrected chi connectivity index (χ4v) is 3.71. The maximum absolute atomic E-state index is 11.9. The van der Waals surface area contributed by atoms with Crippen LogP contribution in [-0.2, 0) is 16.6 Å². The van der Waals surface area contributed by atoms with Gasteiger partial charge in [0.05, 0.1) is 22.1 Å². The van der Waals surface area contributed by atoms with Crippen molar-refractivity contribution in [2.45, 2.75) is 25.3 Å². The van der Waals surface area contributed by atoms with Crippen LogP contribution in [0.3, 0.4) is 0 Å². The first-order valence-corrected chi connectivity index (χ1v) is 10.3. The molecule has 1 aromatic heterocycles. The topological polar surface area (TPSA) is 119 Å². The molecule has 152 valence electrons. The number of aryl methyl sites for hydroxylation is 2. The molecule has 0 amide bonds. The Balaban J connectivity index is 1.90. The minimum absolute atomic E-state index is 0.171. The van der Waals surface area contributed by atoms with Crippen molar-refractivity contribution in [1.29, 1.82) is 0 Å². The van der Waals surface area contributed by atoms with Gasteiger partial charge in [0.2, 0.25) is 10.0 Å². The molecule has 0 unspecified atom stereocenters. The lowest BCUT2D eigenvalue weighted by atomic mass is 10.2. The van der Waals surface area contributed by atoms with E-state index in [0.717, 1.165) is 23.0 Å². The van der Waals surface area contributed by atoms with E-state index in [4.69, 9.17) is 0 Å². The van der Waals surface area contributed by atoms with Crippen molar-refractivity contribution in [2.75, 3.05) is 12.4 Å². The first-order valence-electron chi connectivity index (χ1n) is 8.78. The van der Waals surface area contributed by atoms with Crippen LogP contribution in [0.1, 0.15) is 17.0 Å². The van der Waals surface area contributed by atoms with Crippen LogP contribution in [-0.4, -0.2) is 30.2 Å². The second-order valence-corrected chi connectivity index (χ2v) is 8.44. The number of benzene rings is 2. The molecule has 3 rings (SSSR count). The lowest BCUT2D eigenvalue weighted by Gasteiger charge is -2.11. The SMILES string of the molecule is CNS(=O)(=O)c1ccc(Nc2cccc(Cn3nc(C)cc3C)c2)c([N+](=O)[O-])c1. The average molecular weight is 415 g/mol. The molecular weight excluding hydrogens is 394 g/mol. The summed E-state index contributed by atoms with van der Waals surface area (Å²) in [4.78, 5) is 10.7. The molecule has 3 aromatic rings. The molecule has 9 nitrogen and oxygen atoms in total. The summed E-state index contributed by atoms with van der Waals surface area (Å²) in [7, 11) is -2.53. The highest BCUT2D eigenvalue weighted by Crippen LogP contribution is 2.30. The quantitative estimate of drug-likeness (QED) is 0.452. The van der Waals surface area contributed by atoms with Crippen LogP contribution in [0.4, 0.5) is 17.1 Å². The van der Waals surface area contributed by atoms with Gasteiger partial charge in [0.25, 0.3) is 5.69 Å². The second kappa shape index (κ2) is 8.02. The van der Waals surface area contributed by atoms with Gasteiger partial charge in [-0.1, -0.05) is 12.1 Å². The molecule has 0 aliphatic carbocycles. The monoisotopic (exact) mass is 415 g/mol. The number of sulfonamides is 1. The fraction of sp³-hybridized carbons (Fsp3) is 0.211. The molecule has 2 aromatic carbocycles. The van der Waals surface area contributed by atoms with Crippen LogP contribution in [0.15, 0.2) is 53.4 Å². The van der Waals surface area contributed by atoms with Gasteiger partial charge in [0.15, 0.2) is 0 Å². The van der Waals surface area contributed by atoms with Crippen molar-refractivity contribution < 1.29 is 13.3 Å². The second-order valence-electron chi connectivity index (χ2n) is 6.55. The predicted octanol–water partition coefficient (Wildman–Crippen LogP) is 3.11. The molecule has 10 heteroatoms. The average Bonchev–Trinajstić information content (AvgIpc) is 2.99. The normalized spacial score (nSPS) is 11.4. The van der Waals surface area contributed by atoms with Crippen molar-refractivity contribution in [3.63, 3.8) is 0 Å². The molecule has 0 bridgehead atoms. The van der Waals surface area contributed by atoms with Gasteiger partial charge in [0.1, 0.15) is 5.69 Å². The predicted molar refractivity (Wildman–Crippen MR) is 110 cm³/mol. The number of nitrogens with one attached hydrogen (secondary N) is 2. The third-order valence-electron chi connectivity index (χ3n) is 4.39. The Labute approximate surface area is 168 Å². The number of nitrogens with zero attached hydrogens (tertiary/aromatic N) is 3. The number of hydrogen-bond donors (Lipinski definition) is 2. The maximum atomic E-state index is 11.9. The zero-order valence-corrected chi connectivity index (χ0v) is 17.0. The highest BCUT2D eigenvalue weighted by Gasteiger charge is 2.20. The zero-order chi connectivity index (χ0) is 21.2. The molecule has 2 N–H and O–H groups in total. The maximum Gasteiger partial charge on any atom is 0.294 e. The van der Waals surface area contributed by atoms with Crippen molar-refractivity contribution >= 4 is 27.1 Å². The van der Waals surface area contributed by atoms with E-state index in [0.29, 0.717) is 12.2 Å². The summed E-state index contributed by atoms with van der Waals surface area (Å²) in [6, 6.07) is 13.2. The molecular formula is C19H21N5O4S. The Morgan fingerprint density at radius 1 is 1.14 bits per heavy atom. The Morgan fingerprint density at radius 3 is 2.52 bits per heavy atom.